The highest BCUT2D eigenvalue weighted by Gasteiger charge is 2.46. The molecule has 2 aliphatic heterocycles. The number of aryl methyl sites for hydroxylation is 1. The minimum absolute atomic E-state index is 0.0350. The summed E-state index contributed by atoms with van der Waals surface area (Å²) in [6, 6.07) is 9.87. The lowest BCUT2D eigenvalue weighted by Gasteiger charge is -2.26. The third-order valence-electron chi connectivity index (χ3n) is 6.20. The standard InChI is InChI=1S/C28H33NO7/c1-5-34-23-16-19(8-11-22(23)36-17(2)3)25-24(27(31)28(32)29(25)12-14-33-4)26(30)20-9-10-21-18(15-20)7-6-13-35-21/h8-11,15-17,25,30H,5-7,12-14H2,1-4H3/b26-24+. The molecule has 0 aliphatic carbocycles. The Morgan fingerprint density at radius 2 is 1.97 bits per heavy atom. The number of hydrogen-bond acceptors (Lipinski definition) is 7. The molecule has 0 aromatic heterocycles. The summed E-state index contributed by atoms with van der Waals surface area (Å²) in [7, 11) is 1.53. The number of carbonyl (C=O) groups excluding carboxylic acids is 2. The lowest BCUT2D eigenvalue weighted by molar-refractivity contribution is -0.140. The van der Waals surface area contributed by atoms with Gasteiger partial charge in [-0.05, 0) is 75.1 Å². The van der Waals surface area contributed by atoms with Gasteiger partial charge in [0.05, 0.1) is 37.5 Å². The van der Waals surface area contributed by atoms with Crippen molar-refractivity contribution in [2.24, 2.45) is 0 Å². The maximum Gasteiger partial charge on any atom is 0.295 e. The predicted octanol–water partition coefficient (Wildman–Crippen LogP) is 4.27. The Labute approximate surface area is 211 Å². The quantitative estimate of drug-likeness (QED) is 0.315. The van der Waals surface area contributed by atoms with E-state index in [0.717, 1.165) is 24.2 Å². The fourth-order valence-corrected chi connectivity index (χ4v) is 4.62. The number of Topliss-reactive ketones (excluding diaryl/α,β-unsaturated/α-hetero) is 1. The van der Waals surface area contributed by atoms with Crippen LogP contribution in [0.4, 0.5) is 0 Å². The number of benzene rings is 2. The molecule has 1 amide bonds. The topological polar surface area (TPSA) is 94.5 Å². The molecule has 192 valence electrons. The van der Waals surface area contributed by atoms with Crippen LogP contribution in [0.1, 0.15) is 49.9 Å². The molecule has 0 radical (unpaired) electrons. The van der Waals surface area contributed by atoms with Crippen LogP contribution in [0.2, 0.25) is 0 Å². The van der Waals surface area contributed by atoms with Crippen molar-refractivity contribution in [1.29, 1.82) is 0 Å². The number of aliphatic hydroxyl groups is 1. The number of nitrogens with zero attached hydrogens (tertiary/aromatic N) is 1. The van der Waals surface area contributed by atoms with Gasteiger partial charge in [0, 0.05) is 19.2 Å². The number of rotatable bonds is 9. The average Bonchev–Trinajstić information content (AvgIpc) is 3.12. The van der Waals surface area contributed by atoms with Crippen molar-refractivity contribution in [2.75, 3.05) is 33.5 Å². The third kappa shape index (κ3) is 5.04. The predicted molar refractivity (Wildman–Crippen MR) is 135 cm³/mol. The maximum atomic E-state index is 13.3. The largest absolute Gasteiger partial charge is 0.507 e. The van der Waals surface area contributed by atoms with Crippen molar-refractivity contribution < 1.29 is 33.6 Å². The van der Waals surface area contributed by atoms with Crippen molar-refractivity contribution in [3.8, 4) is 17.2 Å². The minimum Gasteiger partial charge on any atom is -0.507 e. The molecule has 2 aliphatic rings. The Kier molecular flexibility index (Phi) is 7.84. The van der Waals surface area contributed by atoms with E-state index < -0.39 is 17.7 Å². The molecule has 2 aromatic rings. The number of aliphatic hydroxyl groups excluding tert-OH is 1. The van der Waals surface area contributed by atoms with Gasteiger partial charge in [-0.3, -0.25) is 9.59 Å². The number of carbonyl (C=O) groups is 2. The van der Waals surface area contributed by atoms with Gasteiger partial charge < -0.3 is 29.0 Å². The van der Waals surface area contributed by atoms with Crippen LogP contribution < -0.4 is 14.2 Å². The SMILES string of the molecule is CCOc1cc(C2/C(=C(\O)c3ccc4c(c3)CCCO4)C(=O)C(=O)N2CCOC)ccc1OC(C)C. The summed E-state index contributed by atoms with van der Waals surface area (Å²) in [5.74, 6) is 0.221. The van der Waals surface area contributed by atoms with E-state index in [0.29, 0.717) is 35.8 Å². The minimum atomic E-state index is -0.806. The second kappa shape index (κ2) is 11.0. The van der Waals surface area contributed by atoms with E-state index in [-0.39, 0.29) is 30.6 Å². The average molecular weight is 496 g/mol. The van der Waals surface area contributed by atoms with Gasteiger partial charge in [0.15, 0.2) is 11.5 Å². The zero-order chi connectivity index (χ0) is 25.8. The first kappa shape index (κ1) is 25.6. The Balaban J connectivity index is 1.84. The van der Waals surface area contributed by atoms with Crippen molar-refractivity contribution in [3.63, 3.8) is 0 Å². The van der Waals surface area contributed by atoms with Crippen LogP contribution in [0.3, 0.4) is 0 Å². The van der Waals surface area contributed by atoms with E-state index in [1.807, 2.05) is 26.8 Å². The first-order valence-corrected chi connectivity index (χ1v) is 12.3. The number of amides is 1. The molecule has 2 aromatic carbocycles. The van der Waals surface area contributed by atoms with Crippen LogP contribution >= 0.6 is 0 Å². The summed E-state index contributed by atoms with van der Waals surface area (Å²) < 4.78 is 22.6. The molecule has 4 rings (SSSR count). The van der Waals surface area contributed by atoms with Gasteiger partial charge in [-0.2, -0.15) is 0 Å². The Morgan fingerprint density at radius 1 is 1.17 bits per heavy atom. The summed E-state index contributed by atoms with van der Waals surface area (Å²) in [4.78, 5) is 27.8. The van der Waals surface area contributed by atoms with Crippen LogP contribution in [0.15, 0.2) is 42.0 Å². The van der Waals surface area contributed by atoms with Gasteiger partial charge >= 0.3 is 0 Å². The Bertz CT molecular complexity index is 1170. The lowest BCUT2D eigenvalue weighted by Crippen LogP contribution is -2.32. The van der Waals surface area contributed by atoms with Gasteiger partial charge in [0.25, 0.3) is 11.7 Å². The summed E-state index contributed by atoms with van der Waals surface area (Å²) in [5, 5.41) is 11.4. The number of likely N-dealkylation sites (tertiary alicyclic amines) is 1. The molecule has 1 atom stereocenters. The molecular formula is C28H33NO7. The van der Waals surface area contributed by atoms with Crippen molar-refractivity contribution in [3.05, 3.63) is 58.7 Å². The first-order valence-electron chi connectivity index (χ1n) is 12.3. The van der Waals surface area contributed by atoms with E-state index in [2.05, 4.69) is 0 Å². The Hall–Kier alpha value is -3.52. The highest BCUT2D eigenvalue weighted by Crippen LogP contribution is 2.42. The molecule has 8 nitrogen and oxygen atoms in total. The van der Waals surface area contributed by atoms with Gasteiger partial charge in [-0.1, -0.05) is 6.07 Å². The molecule has 1 unspecified atom stereocenters. The number of hydrogen-bond donors (Lipinski definition) is 1. The third-order valence-corrected chi connectivity index (χ3v) is 6.20. The smallest absolute Gasteiger partial charge is 0.295 e. The molecule has 1 N–H and O–H groups in total. The second-order valence-electron chi connectivity index (χ2n) is 9.07. The molecule has 8 heteroatoms. The van der Waals surface area contributed by atoms with Crippen LogP contribution in [-0.2, 0) is 20.7 Å². The zero-order valence-corrected chi connectivity index (χ0v) is 21.2. The molecule has 36 heavy (non-hydrogen) atoms. The van der Waals surface area contributed by atoms with Crippen LogP contribution in [0.25, 0.3) is 5.76 Å². The number of fused-ring (bicyclic) bond motifs is 1. The van der Waals surface area contributed by atoms with Crippen LogP contribution in [0, 0.1) is 0 Å². The summed E-state index contributed by atoms with van der Waals surface area (Å²) in [5.41, 5.74) is 2.10. The van der Waals surface area contributed by atoms with E-state index in [1.165, 1.54) is 12.0 Å². The van der Waals surface area contributed by atoms with E-state index in [4.69, 9.17) is 18.9 Å². The number of methoxy groups -OCH3 is 1. The maximum absolute atomic E-state index is 13.3. The van der Waals surface area contributed by atoms with Gasteiger partial charge in [0.2, 0.25) is 0 Å². The first-order chi connectivity index (χ1) is 17.3. The highest BCUT2D eigenvalue weighted by atomic mass is 16.5. The van der Waals surface area contributed by atoms with Crippen molar-refractivity contribution in [2.45, 2.75) is 45.8 Å². The summed E-state index contributed by atoms with van der Waals surface area (Å²) in [6.45, 7) is 7.22. The zero-order valence-electron chi connectivity index (χ0n) is 21.2. The highest BCUT2D eigenvalue weighted by molar-refractivity contribution is 6.46. The molecule has 1 fully saturated rings. The summed E-state index contributed by atoms with van der Waals surface area (Å²) in [6.07, 6.45) is 1.64. The number of ether oxygens (including phenoxy) is 4. The molecule has 0 saturated carbocycles. The molecule has 2 heterocycles. The van der Waals surface area contributed by atoms with Crippen molar-refractivity contribution >= 4 is 17.4 Å². The van der Waals surface area contributed by atoms with E-state index in [9.17, 15) is 14.7 Å². The van der Waals surface area contributed by atoms with Gasteiger partial charge in [0.1, 0.15) is 11.5 Å². The van der Waals surface area contributed by atoms with E-state index in [1.54, 1.807) is 30.3 Å². The van der Waals surface area contributed by atoms with Crippen LogP contribution in [-0.4, -0.2) is 61.3 Å². The number of ketones is 1. The normalized spacial score (nSPS) is 18.8. The van der Waals surface area contributed by atoms with Gasteiger partial charge in [-0.25, -0.2) is 0 Å². The monoisotopic (exact) mass is 495 g/mol. The molecular weight excluding hydrogens is 462 g/mol. The fraction of sp³-hybridized carbons (Fsp3) is 0.429. The van der Waals surface area contributed by atoms with Crippen LogP contribution in [0.5, 0.6) is 17.2 Å². The van der Waals surface area contributed by atoms with E-state index >= 15 is 0 Å². The molecule has 1 saturated heterocycles. The molecule has 0 bridgehead atoms. The fourth-order valence-electron chi connectivity index (χ4n) is 4.62. The lowest BCUT2D eigenvalue weighted by atomic mass is 9.93. The summed E-state index contributed by atoms with van der Waals surface area (Å²) >= 11 is 0. The van der Waals surface area contributed by atoms with Crippen molar-refractivity contribution in [1.82, 2.24) is 4.90 Å². The molecule has 0 spiro atoms. The second-order valence-corrected chi connectivity index (χ2v) is 9.07. The Morgan fingerprint density at radius 3 is 2.69 bits per heavy atom. The van der Waals surface area contributed by atoms with Gasteiger partial charge in [-0.15, -0.1) is 0 Å².